The van der Waals surface area contributed by atoms with Crippen LogP contribution in [0.5, 0.6) is 0 Å². The highest BCUT2D eigenvalue weighted by Crippen LogP contribution is 2.25. The number of primary amides is 1. The third-order valence-electron chi connectivity index (χ3n) is 4.97. The molecule has 0 saturated carbocycles. The van der Waals surface area contributed by atoms with Crippen LogP contribution in [-0.4, -0.2) is 41.2 Å². The van der Waals surface area contributed by atoms with Gasteiger partial charge < -0.3 is 26.8 Å². The number of aliphatic imine (C=N–C) groups is 1. The number of carbonyl (C=O) groups is 1. The molecule has 0 atom stereocenters. The number of carbonyl (C=O) groups excluding carboxylic acids is 1. The van der Waals surface area contributed by atoms with E-state index in [-0.39, 0.29) is 0 Å². The van der Waals surface area contributed by atoms with Crippen molar-refractivity contribution in [1.82, 2.24) is 20.4 Å². The van der Waals surface area contributed by atoms with Gasteiger partial charge in [0.05, 0.1) is 30.7 Å². The molecular formula is C22H25N7O2. The van der Waals surface area contributed by atoms with Crippen molar-refractivity contribution in [3.8, 4) is 0 Å². The first-order valence-electron chi connectivity index (χ1n) is 9.98. The summed E-state index contributed by atoms with van der Waals surface area (Å²) in [6, 6.07) is 7.51. The number of nitrogens with two attached hydrogens (primary N) is 2. The number of nitrogens with one attached hydrogen (secondary N) is 2. The highest BCUT2D eigenvalue weighted by Gasteiger charge is 2.18. The number of benzene rings is 1. The van der Waals surface area contributed by atoms with Crippen molar-refractivity contribution in [3.63, 3.8) is 0 Å². The highest BCUT2D eigenvalue weighted by atomic mass is 16.5. The Balaban J connectivity index is 1.61. The van der Waals surface area contributed by atoms with E-state index in [2.05, 4.69) is 20.7 Å². The Morgan fingerprint density at radius 2 is 2.13 bits per heavy atom. The van der Waals surface area contributed by atoms with Crippen LogP contribution in [0.1, 0.15) is 11.1 Å². The number of rotatable bonds is 4. The van der Waals surface area contributed by atoms with E-state index in [4.69, 9.17) is 16.2 Å². The molecule has 1 saturated heterocycles. The van der Waals surface area contributed by atoms with Gasteiger partial charge in [-0.15, -0.1) is 0 Å². The van der Waals surface area contributed by atoms with Gasteiger partial charge in [0.2, 0.25) is 0 Å². The zero-order valence-electron chi connectivity index (χ0n) is 17.3. The number of urea groups is 1. The van der Waals surface area contributed by atoms with E-state index >= 15 is 0 Å². The van der Waals surface area contributed by atoms with E-state index in [1.807, 2.05) is 37.3 Å². The average molecular weight is 419 g/mol. The molecule has 0 spiro atoms. The summed E-state index contributed by atoms with van der Waals surface area (Å²) in [4.78, 5) is 16.1. The summed E-state index contributed by atoms with van der Waals surface area (Å²) in [5.74, 6) is 1.24. The van der Waals surface area contributed by atoms with E-state index in [0.29, 0.717) is 42.6 Å². The number of amides is 2. The minimum absolute atomic E-state index is 0.434. The zero-order valence-corrected chi connectivity index (χ0v) is 17.3. The lowest BCUT2D eigenvalue weighted by atomic mass is 10.0. The van der Waals surface area contributed by atoms with Gasteiger partial charge in [0.1, 0.15) is 23.9 Å². The lowest BCUT2D eigenvalue weighted by Crippen LogP contribution is -2.33. The van der Waals surface area contributed by atoms with E-state index in [9.17, 15) is 4.79 Å². The molecule has 0 unspecified atom stereocenters. The molecule has 0 bridgehead atoms. The number of hydrogen-bond donors (Lipinski definition) is 4. The lowest BCUT2D eigenvalue weighted by Gasteiger charge is -2.21. The van der Waals surface area contributed by atoms with Crippen molar-refractivity contribution in [2.45, 2.75) is 13.5 Å². The Morgan fingerprint density at radius 1 is 1.32 bits per heavy atom. The maximum atomic E-state index is 11.5. The minimum Gasteiger partial charge on any atom is -0.495 e. The van der Waals surface area contributed by atoms with Gasteiger partial charge in [0.15, 0.2) is 0 Å². The van der Waals surface area contributed by atoms with Crippen molar-refractivity contribution in [3.05, 3.63) is 76.8 Å². The molecule has 0 radical (unpaired) electrons. The number of aryl methyl sites for hydroxylation is 1. The summed E-state index contributed by atoms with van der Waals surface area (Å²) in [6.07, 6.45) is 7.08. The number of ether oxygens (including phenoxy) is 1. The molecule has 4 rings (SSSR count). The van der Waals surface area contributed by atoms with Gasteiger partial charge in [-0.1, -0.05) is 29.8 Å². The number of anilines is 1. The number of nitrogen functional groups attached to an aromatic ring is 1. The van der Waals surface area contributed by atoms with E-state index < -0.39 is 6.03 Å². The molecule has 1 aliphatic heterocycles. The van der Waals surface area contributed by atoms with Crippen LogP contribution in [-0.2, 0) is 11.3 Å². The fourth-order valence-electron chi connectivity index (χ4n) is 3.32. The second-order valence-corrected chi connectivity index (χ2v) is 7.34. The number of hydrogen-bond acceptors (Lipinski definition) is 6. The first-order valence-corrected chi connectivity index (χ1v) is 9.98. The molecule has 31 heavy (non-hydrogen) atoms. The van der Waals surface area contributed by atoms with Gasteiger partial charge in [-0.2, -0.15) is 5.10 Å². The third-order valence-corrected chi connectivity index (χ3v) is 4.97. The largest absolute Gasteiger partial charge is 0.495 e. The van der Waals surface area contributed by atoms with Crippen molar-refractivity contribution < 1.29 is 9.53 Å². The monoisotopic (exact) mass is 419 g/mol. The molecule has 2 aliphatic rings. The minimum atomic E-state index is -0.677. The van der Waals surface area contributed by atoms with Gasteiger partial charge in [0, 0.05) is 12.1 Å². The second kappa shape index (κ2) is 8.88. The topological polar surface area (TPSA) is 133 Å². The molecule has 6 N–H and O–H groups in total. The molecule has 2 heterocycles. The average Bonchev–Trinajstić information content (AvgIpc) is 3.10. The van der Waals surface area contributed by atoms with Crippen molar-refractivity contribution in [1.29, 1.82) is 0 Å². The van der Waals surface area contributed by atoms with Crippen molar-refractivity contribution in [2.75, 3.05) is 25.4 Å². The second-order valence-electron chi connectivity index (χ2n) is 7.34. The van der Waals surface area contributed by atoms with E-state index in [1.165, 1.54) is 5.56 Å². The van der Waals surface area contributed by atoms with Crippen LogP contribution in [0.3, 0.4) is 0 Å². The quantitative estimate of drug-likeness (QED) is 0.601. The number of aromatic nitrogens is 2. The third kappa shape index (κ3) is 4.84. The van der Waals surface area contributed by atoms with Crippen LogP contribution >= 0.6 is 0 Å². The molecule has 9 heteroatoms. The molecule has 1 aromatic heterocycles. The van der Waals surface area contributed by atoms with Crippen molar-refractivity contribution >= 4 is 23.2 Å². The Bertz CT molecular complexity index is 1100. The summed E-state index contributed by atoms with van der Waals surface area (Å²) in [5, 5.41) is 10.3. The van der Waals surface area contributed by atoms with E-state index in [1.54, 1.807) is 23.0 Å². The van der Waals surface area contributed by atoms with Gasteiger partial charge >= 0.3 is 6.03 Å². The molecule has 1 fully saturated rings. The molecule has 2 amide bonds. The van der Waals surface area contributed by atoms with Crippen LogP contribution in [0.15, 0.2) is 70.7 Å². The standard InChI is InChI=1S/C22H25N7O2/c1-14-2-4-15(5-3-14)13-29-21(23)19(11-26-29)27-17-7-6-16(10-18(17)28-22(24)30)20-12-25-8-9-31-20/h2-7,10-11,25H,8-9,12-13,23H2,1H3,(H3,24,28,30). The number of allylic oxidation sites excluding steroid dienone is 4. The molecule has 1 aromatic carbocycles. The van der Waals surface area contributed by atoms with Gasteiger partial charge in [0.25, 0.3) is 0 Å². The van der Waals surface area contributed by atoms with Crippen LogP contribution in [0, 0.1) is 6.92 Å². The number of morpholine rings is 1. The normalized spacial score (nSPS) is 19.8. The van der Waals surface area contributed by atoms with Crippen LogP contribution in [0.2, 0.25) is 0 Å². The first kappa shape index (κ1) is 20.4. The van der Waals surface area contributed by atoms with Gasteiger partial charge in [-0.25, -0.2) is 14.5 Å². The molecular weight excluding hydrogens is 394 g/mol. The van der Waals surface area contributed by atoms with Crippen LogP contribution in [0.4, 0.5) is 16.3 Å². The van der Waals surface area contributed by atoms with Crippen LogP contribution in [0.25, 0.3) is 0 Å². The van der Waals surface area contributed by atoms with Crippen molar-refractivity contribution in [2.24, 2.45) is 10.7 Å². The molecule has 2 aromatic rings. The fraction of sp³-hybridized carbons (Fsp3) is 0.227. The summed E-state index contributed by atoms with van der Waals surface area (Å²) >= 11 is 0. The zero-order chi connectivity index (χ0) is 21.8. The van der Waals surface area contributed by atoms with E-state index in [0.717, 1.165) is 23.4 Å². The Labute approximate surface area is 180 Å². The van der Waals surface area contributed by atoms with Gasteiger partial charge in [-0.05, 0) is 30.7 Å². The summed E-state index contributed by atoms with van der Waals surface area (Å²) in [5.41, 5.74) is 16.3. The predicted molar refractivity (Wildman–Crippen MR) is 120 cm³/mol. The Morgan fingerprint density at radius 3 is 2.84 bits per heavy atom. The molecule has 1 aliphatic carbocycles. The summed E-state index contributed by atoms with van der Waals surface area (Å²) < 4.78 is 7.41. The molecule has 9 nitrogen and oxygen atoms in total. The first-order chi connectivity index (χ1) is 15.0. The number of nitrogens with zero attached hydrogens (tertiary/aromatic N) is 3. The fourth-order valence-corrected chi connectivity index (χ4v) is 3.32. The SMILES string of the molecule is Cc1ccc(Cn2ncc(N=C3C=CC(=C4CNCCO4)C=C3NC(N)=O)c2N)cc1. The highest BCUT2D eigenvalue weighted by molar-refractivity contribution is 6.13. The molecule has 160 valence electrons. The lowest BCUT2D eigenvalue weighted by molar-refractivity contribution is 0.176. The smallest absolute Gasteiger partial charge is 0.316 e. The van der Waals surface area contributed by atoms with Gasteiger partial charge in [-0.3, -0.25) is 0 Å². The Kier molecular flexibility index (Phi) is 5.85. The van der Waals surface area contributed by atoms with Crippen LogP contribution < -0.4 is 22.1 Å². The maximum absolute atomic E-state index is 11.5. The summed E-state index contributed by atoms with van der Waals surface area (Å²) in [7, 11) is 0. The predicted octanol–water partition coefficient (Wildman–Crippen LogP) is 1.89. The Hall–Kier alpha value is -3.85. The summed E-state index contributed by atoms with van der Waals surface area (Å²) in [6.45, 7) is 4.59. The maximum Gasteiger partial charge on any atom is 0.316 e.